The predicted octanol–water partition coefficient (Wildman–Crippen LogP) is 6.16. The summed E-state index contributed by atoms with van der Waals surface area (Å²) in [5.74, 6) is -0.831. The van der Waals surface area contributed by atoms with Gasteiger partial charge in [-0.25, -0.2) is 9.79 Å². The van der Waals surface area contributed by atoms with Crippen molar-refractivity contribution >= 4 is 39.6 Å². The molecule has 0 bridgehead atoms. The number of rotatable bonds is 5. The molecule has 1 aromatic heterocycles. The van der Waals surface area contributed by atoms with Crippen LogP contribution in [0, 0.1) is 6.92 Å². The Kier molecular flexibility index (Phi) is 5.57. The van der Waals surface area contributed by atoms with Gasteiger partial charge in [0.05, 0.1) is 17.9 Å². The minimum absolute atomic E-state index is 0.0881. The van der Waals surface area contributed by atoms with Crippen LogP contribution in [-0.4, -0.2) is 29.2 Å². The van der Waals surface area contributed by atoms with Gasteiger partial charge in [-0.1, -0.05) is 54.1 Å². The number of esters is 1. The molecule has 1 heterocycles. The van der Waals surface area contributed by atoms with Gasteiger partial charge in [-0.15, -0.1) is 11.3 Å². The molecule has 4 rings (SSSR count). The quantitative estimate of drug-likeness (QED) is 0.388. The van der Waals surface area contributed by atoms with Crippen LogP contribution in [0.4, 0.5) is 5.00 Å². The second-order valence-corrected chi connectivity index (χ2v) is 8.07. The van der Waals surface area contributed by atoms with Gasteiger partial charge in [-0.05, 0) is 26.3 Å². The lowest BCUT2D eigenvalue weighted by molar-refractivity contribution is 0.0528. The number of aliphatic hydroxyl groups excluding tert-OH is 1. The van der Waals surface area contributed by atoms with Crippen LogP contribution in [0.5, 0.6) is 0 Å². The third-order valence-electron chi connectivity index (χ3n) is 5.14. The Balaban J connectivity index is 1.81. The molecule has 1 aliphatic rings. The van der Waals surface area contributed by atoms with Crippen LogP contribution in [0.15, 0.2) is 64.5 Å². The molecule has 0 fully saturated rings. The first-order valence-corrected chi connectivity index (χ1v) is 10.8. The number of ether oxygens (including phenoxy) is 1. The average Bonchev–Trinajstić information content (AvgIpc) is 3.28. The molecule has 1 aliphatic carbocycles. The Morgan fingerprint density at radius 1 is 1.06 bits per heavy atom. The van der Waals surface area contributed by atoms with Crippen LogP contribution < -0.4 is 0 Å². The molecule has 0 aliphatic heterocycles. The summed E-state index contributed by atoms with van der Waals surface area (Å²) in [6.07, 6.45) is 0. The van der Waals surface area contributed by atoms with Crippen molar-refractivity contribution < 1.29 is 19.4 Å². The smallest absolute Gasteiger partial charge is 0.341 e. The van der Waals surface area contributed by atoms with Gasteiger partial charge in [0.2, 0.25) is 0 Å². The summed E-state index contributed by atoms with van der Waals surface area (Å²) >= 11 is 1.30. The topological polar surface area (TPSA) is 76.0 Å². The summed E-state index contributed by atoms with van der Waals surface area (Å²) < 4.78 is 5.28. The van der Waals surface area contributed by atoms with Crippen molar-refractivity contribution in [2.75, 3.05) is 6.61 Å². The van der Waals surface area contributed by atoms with Crippen LogP contribution in [0.3, 0.4) is 0 Å². The number of carbonyl (C=O) groups excluding carboxylic acids is 2. The Bertz CT molecular complexity index is 1250. The highest BCUT2D eigenvalue weighted by atomic mass is 32.1. The van der Waals surface area contributed by atoms with Gasteiger partial charge in [0.15, 0.2) is 5.78 Å². The van der Waals surface area contributed by atoms with E-state index in [0.717, 1.165) is 16.7 Å². The van der Waals surface area contributed by atoms with Crippen LogP contribution >= 0.6 is 11.3 Å². The summed E-state index contributed by atoms with van der Waals surface area (Å²) in [6, 6.07) is 14.8. The van der Waals surface area contributed by atoms with Gasteiger partial charge in [0.25, 0.3) is 0 Å². The zero-order valence-corrected chi connectivity index (χ0v) is 18.2. The molecule has 2 aromatic carbocycles. The highest BCUT2D eigenvalue weighted by Crippen LogP contribution is 2.39. The second-order valence-electron chi connectivity index (χ2n) is 7.21. The largest absolute Gasteiger partial charge is 0.506 e. The number of aryl methyl sites for hydroxylation is 1. The van der Waals surface area contributed by atoms with Crippen molar-refractivity contribution in [2.24, 2.45) is 4.99 Å². The lowest BCUT2D eigenvalue weighted by atomic mass is 10.0. The standard InChI is InChI=1S/C25H21NO4S/c1-4-30-25(29)21-19(16-11-9-14(2)10-12-16)13-31-24(21)26-15(3)20-22(27)17-7-5-6-8-18(17)23(20)28/h5-13,27H,4H2,1-3H3/b26-15+. The van der Waals surface area contributed by atoms with E-state index >= 15 is 0 Å². The lowest BCUT2D eigenvalue weighted by Gasteiger charge is -2.07. The van der Waals surface area contributed by atoms with Crippen LogP contribution in [0.25, 0.3) is 16.9 Å². The molecule has 0 radical (unpaired) electrons. The van der Waals surface area contributed by atoms with Crippen molar-refractivity contribution in [1.29, 1.82) is 0 Å². The molecule has 1 N–H and O–H groups in total. The number of ketones is 1. The van der Waals surface area contributed by atoms with Crippen molar-refractivity contribution in [2.45, 2.75) is 20.8 Å². The Morgan fingerprint density at radius 3 is 2.39 bits per heavy atom. The average molecular weight is 432 g/mol. The van der Waals surface area contributed by atoms with Gasteiger partial charge in [-0.2, -0.15) is 0 Å². The Morgan fingerprint density at radius 2 is 1.74 bits per heavy atom. The fourth-order valence-electron chi connectivity index (χ4n) is 3.58. The van der Waals surface area contributed by atoms with Gasteiger partial charge in [0.1, 0.15) is 16.3 Å². The van der Waals surface area contributed by atoms with E-state index in [2.05, 4.69) is 4.99 Å². The minimum Gasteiger partial charge on any atom is -0.506 e. The number of Topliss-reactive ketones (excluding diaryl/α,β-unsaturated/α-hetero) is 1. The molecule has 0 atom stereocenters. The summed E-state index contributed by atoms with van der Waals surface area (Å²) in [5.41, 5.74) is 4.54. The van der Waals surface area contributed by atoms with E-state index in [1.807, 2.05) is 36.6 Å². The molecule has 0 saturated carbocycles. The first-order chi connectivity index (χ1) is 14.9. The highest BCUT2D eigenvalue weighted by molar-refractivity contribution is 7.14. The molecular weight excluding hydrogens is 410 g/mol. The van der Waals surface area contributed by atoms with Crippen LogP contribution in [-0.2, 0) is 4.74 Å². The lowest BCUT2D eigenvalue weighted by Crippen LogP contribution is -2.08. The van der Waals surface area contributed by atoms with E-state index in [9.17, 15) is 14.7 Å². The number of aliphatic hydroxyl groups is 1. The van der Waals surface area contributed by atoms with E-state index in [1.165, 1.54) is 11.3 Å². The van der Waals surface area contributed by atoms with Crippen molar-refractivity contribution in [1.82, 2.24) is 0 Å². The molecule has 5 nitrogen and oxygen atoms in total. The summed E-state index contributed by atoms with van der Waals surface area (Å²) in [6.45, 7) is 5.65. The third kappa shape index (κ3) is 3.70. The maximum atomic E-state index is 12.8. The first-order valence-electron chi connectivity index (χ1n) is 9.91. The number of hydrogen-bond donors (Lipinski definition) is 1. The number of aliphatic imine (C=N–C) groups is 1. The zero-order valence-electron chi connectivity index (χ0n) is 17.4. The predicted molar refractivity (Wildman–Crippen MR) is 124 cm³/mol. The van der Waals surface area contributed by atoms with E-state index < -0.39 is 5.97 Å². The molecule has 0 unspecified atom stereocenters. The maximum absolute atomic E-state index is 12.8. The number of thiophene rings is 1. The number of hydrogen-bond acceptors (Lipinski definition) is 6. The van der Waals surface area contributed by atoms with Crippen molar-refractivity contribution in [3.63, 3.8) is 0 Å². The number of benzene rings is 2. The van der Waals surface area contributed by atoms with Gasteiger partial charge in [0, 0.05) is 22.1 Å². The van der Waals surface area contributed by atoms with E-state index in [1.54, 1.807) is 38.1 Å². The van der Waals surface area contributed by atoms with Crippen molar-refractivity contribution in [3.8, 4) is 11.1 Å². The van der Waals surface area contributed by atoms with E-state index in [-0.39, 0.29) is 23.7 Å². The van der Waals surface area contributed by atoms with Crippen molar-refractivity contribution in [3.05, 3.63) is 81.7 Å². The van der Waals surface area contributed by atoms with Gasteiger partial charge >= 0.3 is 5.97 Å². The molecule has 156 valence electrons. The minimum atomic E-state index is -0.467. The van der Waals surface area contributed by atoms with E-state index in [0.29, 0.717) is 27.4 Å². The molecule has 3 aromatic rings. The highest BCUT2D eigenvalue weighted by Gasteiger charge is 2.31. The monoisotopic (exact) mass is 431 g/mol. The van der Waals surface area contributed by atoms with Crippen LogP contribution in [0.1, 0.15) is 45.7 Å². The molecule has 31 heavy (non-hydrogen) atoms. The summed E-state index contributed by atoms with van der Waals surface area (Å²) in [5, 5.41) is 12.9. The summed E-state index contributed by atoms with van der Waals surface area (Å²) in [4.78, 5) is 30.2. The van der Waals surface area contributed by atoms with Crippen LogP contribution in [0.2, 0.25) is 0 Å². The Hall–Kier alpha value is -3.51. The normalized spacial score (nSPS) is 13.5. The Labute approximate surface area is 184 Å². The fraction of sp³-hybridized carbons (Fsp3) is 0.160. The first kappa shape index (κ1) is 20.8. The number of carbonyl (C=O) groups is 2. The second kappa shape index (κ2) is 8.32. The molecule has 6 heteroatoms. The van der Waals surface area contributed by atoms with E-state index in [4.69, 9.17) is 4.74 Å². The molecule has 0 amide bonds. The molecule has 0 saturated heterocycles. The molecule has 0 spiro atoms. The van der Waals surface area contributed by atoms with Gasteiger partial charge in [-0.3, -0.25) is 4.79 Å². The summed E-state index contributed by atoms with van der Waals surface area (Å²) in [7, 11) is 0. The van der Waals surface area contributed by atoms with Gasteiger partial charge < -0.3 is 9.84 Å². The fourth-order valence-corrected chi connectivity index (χ4v) is 4.57. The number of fused-ring (bicyclic) bond motifs is 1. The molecular formula is C25H21NO4S. The SMILES string of the molecule is CCOC(=O)c1c(-c2ccc(C)cc2)csc1/N=C(\C)C1=C(O)c2ccccc2C1=O. The zero-order chi connectivity index (χ0) is 22.1. The third-order valence-corrected chi connectivity index (χ3v) is 6.01. The number of allylic oxidation sites excluding steroid dienone is 1. The number of nitrogens with zero attached hydrogens (tertiary/aromatic N) is 1. The maximum Gasteiger partial charge on any atom is 0.341 e.